The van der Waals surface area contributed by atoms with Gasteiger partial charge in [-0.3, -0.25) is 4.79 Å². The average Bonchev–Trinajstić information content (AvgIpc) is 3.00. The molecule has 0 saturated carbocycles. The molecule has 2 heterocycles. The lowest BCUT2D eigenvalue weighted by Gasteiger charge is -2.24. The molecule has 0 spiro atoms. The van der Waals surface area contributed by atoms with Gasteiger partial charge in [-0.15, -0.1) is 0 Å². The molecule has 2 aliphatic heterocycles. The number of halogens is 2. The van der Waals surface area contributed by atoms with Crippen molar-refractivity contribution >= 4 is 16.7 Å². The van der Waals surface area contributed by atoms with Crippen molar-refractivity contribution < 1.29 is 13.6 Å². The van der Waals surface area contributed by atoms with E-state index in [0.29, 0.717) is 11.5 Å². The topological polar surface area (TPSA) is 32.3 Å². The number of hydrogen-bond acceptors (Lipinski definition) is 2. The van der Waals surface area contributed by atoms with Crippen molar-refractivity contribution in [2.45, 2.75) is 31.1 Å². The normalized spacial score (nSPS) is 21.0. The Morgan fingerprint density at radius 1 is 1.16 bits per heavy atom. The number of likely N-dealkylation sites (tertiary alicyclic amines) is 1. The molecular weight excluding hydrogens is 322 g/mol. The van der Waals surface area contributed by atoms with E-state index in [-0.39, 0.29) is 18.9 Å². The second-order valence-corrected chi connectivity index (χ2v) is 7.14. The first-order chi connectivity index (χ1) is 12.0. The lowest BCUT2D eigenvalue weighted by atomic mass is 9.86. The molecule has 2 aromatic carbocycles. The summed E-state index contributed by atoms with van der Waals surface area (Å²) in [5.74, 6) is -2.52. The molecule has 2 saturated heterocycles. The van der Waals surface area contributed by atoms with E-state index in [1.165, 1.54) is 10.5 Å². The number of amides is 1. The summed E-state index contributed by atoms with van der Waals surface area (Å²) in [7, 11) is 0. The fourth-order valence-electron chi connectivity index (χ4n) is 4.02. The molecule has 2 fully saturated rings. The zero-order valence-electron chi connectivity index (χ0n) is 14.1. The first-order valence-corrected chi connectivity index (χ1v) is 8.94. The van der Waals surface area contributed by atoms with E-state index in [4.69, 9.17) is 0 Å². The molecule has 4 rings (SSSR count). The summed E-state index contributed by atoms with van der Waals surface area (Å²) in [6.07, 6.45) is 1.98. The fraction of sp³-hybridized carbons (Fsp3) is 0.450. The SMILES string of the molecule is O=C(c1ccc2c(C3CCNCC3)cccc2c1)N1CCC(F)(F)C1. The van der Waals surface area contributed by atoms with Gasteiger partial charge in [-0.1, -0.05) is 24.3 Å². The van der Waals surface area contributed by atoms with Crippen LogP contribution < -0.4 is 5.32 Å². The maximum Gasteiger partial charge on any atom is 0.267 e. The number of alkyl halides is 2. The quantitative estimate of drug-likeness (QED) is 0.899. The van der Waals surface area contributed by atoms with Crippen molar-refractivity contribution in [3.8, 4) is 0 Å². The van der Waals surface area contributed by atoms with Crippen LogP contribution >= 0.6 is 0 Å². The number of hydrogen-bond donors (Lipinski definition) is 1. The molecule has 0 aliphatic carbocycles. The Balaban J connectivity index is 1.63. The predicted octanol–water partition coefficient (Wildman–Crippen LogP) is 3.79. The molecular formula is C20H22F2N2O. The molecule has 1 amide bonds. The van der Waals surface area contributed by atoms with Crippen molar-refractivity contribution in [1.82, 2.24) is 10.2 Å². The first kappa shape index (κ1) is 16.5. The van der Waals surface area contributed by atoms with Crippen molar-refractivity contribution in [3.63, 3.8) is 0 Å². The Morgan fingerprint density at radius 3 is 2.68 bits per heavy atom. The van der Waals surface area contributed by atoms with E-state index >= 15 is 0 Å². The predicted molar refractivity (Wildman–Crippen MR) is 94.3 cm³/mol. The van der Waals surface area contributed by atoms with Gasteiger partial charge in [0.1, 0.15) is 0 Å². The van der Waals surface area contributed by atoms with Gasteiger partial charge in [-0.05, 0) is 60.3 Å². The Hall–Kier alpha value is -2.01. The molecule has 2 aromatic rings. The largest absolute Gasteiger partial charge is 0.332 e. The summed E-state index contributed by atoms with van der Waals surface area (Å²) in [4.78, 5) is 13.8. The molecule has 0 unspecified atom stereocenters. The van der Waals surface area contributed by atoms with Crippen LogP contribution in [-0.4, -0.2) is 42.9 Å². The summed E-state index contributed by atoms with van der Waals surface area (Å²) >= 11 is 0. The summed E-state index contributed by atoms with van der Waals surface area (Å²) in [6, 6.07) is 11.8. The van der Waals surface area contributed by atoms with Gasteiger partial charge in [0.25, 0.3) is 11.8 Å². The number of nitrogens with one attached hydrogen (secondary N) is 1. The molecule has 25 heavy (non-hydrogen) atoms. The van der Waals surface area contributed by atoms with Gasteiger partial charge in [0, 0.05) is 18.5 Å². The van der Waals surface area contributed by atoms with Crippen LogP contribution in [0.15, 0.2) is 36.4 Å². The molecule has 1 N–H and O–H groups in total. The maximum absolute atomic E-state index is 13.4. The van der Waals surface area contributed by atoms with E-state index in [2.05, 4.69) is 11.4 Å². The highest BCUT2D eigenvalue weighted by Crippen LogP contribution is 2.33. The number of rotatable bonds is 2. The number of benzene rings is 2. The number of piperidine rings is 1. The lowest BCUT2D eigenvalue weighted by molar-refractivity contribution is 0.0120. The average molecular weight is 344 g/mol. The van der Waals surface area contributed by atoms with Gasteiger partial charge in [-0.25, -0.2) is 8.78 Å². The first-order valence-electron chi connectivity index (χ1n) is 8.94. The highest BCUT2D eigenvalue weighted by atomic mass is 19.3. The molecule has 0 atom stereocenters. The van der Waals surface area contributed by atoms with E-state index in [1.54, 1.807) is 6.07 Å². The molecule has 3 nitrogen and oxygen atoms in total. The Morgan fingerprint density at radius 2 is 1.96 bits per heavy atom. The van der Waals surface area contributed by atoms with E-state index in [9.17, 15) is 13.6 Å². The highest BCUT2D eigenvalue weighted by molar-refractivity contribution is 5.99. The highest BCUT2D eigenvalue weighted by Gasteiger charge is 2.40. The van der Waals surface area contributed by atoms with Crippen LogP contribution in [0.5, 0.6) is 0 Å². The second-order valence-electron chi connectivity index (χ2n) is 7.14. The van der Waals surface area contributed by atoms with Crippen LogP contribution in [0.4, 0.5) is 8.78 Å². The Labute approximate surface area is 146 Å². The minimum atomic E-state index is -2.76. The van der Waals surface area contributed by atoms with E-state index in [0.717, 1.165) is 36.7 Å². The third kappa shape index (κ3) is 3.25. The van der Waals surface area contributed by atoms with Crippen LogP contribution in [0.2, 0.25) is 0 Å². The second kappa shape index (κ2) is 6.37. The van der Waals surface area contributed by atoms with Gasteiger partial charge in [0.05, 0.1) is 6.54 Å². The van der Waals surface area contributed by atoms with Crippen molar-refractivity contribution in [2.24, 2.45) is 0 Å². The fourth-order valence-corrected chi connectivity index (χ4v) is 4.02. The van der Waals surface area contributed by atoms with Crippen molar-refractivity contribution in [1.29, 1.82) is 0 Å². The number of carbonyl (C=O) groups excluding carboxylic acids is 1. The standard InChI is InChI=1S/C20H22F2N2O/c21-20(22)8-11-24(13-20)19(25)16-4-5-18-15(12-16)2-1-3-17(18)14-6-9-23-10-7-14/h1-5,12,14,23H,6-11,13H2. The molecule has 132 valence electrons. The van der Waals surface area contributed by atoms with Crippen LogP contribution in [0.25, 0.3) is 10.8 Å². The minimum Gasteiger partial charge on any atom is -0.332 e. The smallest absolute Gasteiger partial charge is 0.267 e. The zero-order chi connectivity index (χ0) is 17.4. The van der Waals surface area contributed by atoms with E-state index < -0.39 is 12.5 Å². The number of nitrogens with zero attached hydrogens (tertiary/aromatic N) is 1. The summed E-state index contributed by atoms with van der Waals surface area (Å²) < 4.78 is 26.8. The van der Waals surface area contributed by atoms with E-state index in [1.807, 2.05) is 24.3 Å². The van der Waals surface area contributed by atoms with Crippen LogP contribution in [0.1, 0.15) is 41.1 Å². The third-order valence-corrected chi connectivity index (χ3v) is 5.40. The molecule has 0 radical (unpaired) electrons. The third-order valence-electron chi connectivity index (χ3n) is 5.40. The van der Waals surface area contributed by atoms with Crippen LogP contribution in [0.3, 0.4) is 0 Å². The Kier molecular flexibility index (Phi) is 4.20. The molecule has 0 aromatic heterocycles. The van der Waals surface area contributed by atoms with Gasteiger partial charge in [-0.2, -0.15) is 0 Å². The monoisotopic (exact) mass is 344 g/mol. The lowest BCUT2D eigenvalue weighted by Crippen LogP contribution is -2.31. The summed E-state index contributed by atoms with van der Waals surface area (Å²) in [6.45, 7) is 1.71. The maximum atomic E-state index is 13.4. The number of carbonyl (C=O) groups is 1. The molecule has 5 heteroatoms. The zero-order valence-corrected chi connectivity index (χ0v) is 14.1. The molecule has 0 bridgehead atoms. The number of fused-ring (bicyclic) bond motifs is 1. The molecule has 2 aliphatic rings. The summed E-state index contributed by atoms with van der Waals surface area (Å²) in [5, 5.41) is 5.55. The summed E-state index contributed by atoms with van der Waals surface area (Å²) in [5.41, 5.74) is 1.82. The van der Waals surface area contributed by atoms with Crippen molar-refractivity contribution in [2.75, 3.05) is 26.2 Å². The van der Waals surface area contributed by atoms with Crippen molar-refractivity contribution in [3.05, 3.63) is 47.5 Å². The van der Waals surface area contributed by atoms with Gasteiger partial charge >= 0.3 is 0 Å². The van der Waals surface area contributed by atoms with Gasteiger partial charge < -0.3 is 10.2 Å². The van der Waals surface area contributed by atoms with Gasteiger partial charge in [0.2, 0.25) is 0 Å². The van der Waals surface area contributed by atoms with Crippen LogP contribution in [0, 0.1) is 0 Å². The van der Waals surface area contributed by atoms with Gasteiger partial charge in [0.15, 0.2) is 0 Å². The Bertz CT molecular complexity index is 799. The minimum absolute atomic E-state index is 0.124. The van der Waals surface area contributed by atoms with Crippen LogP contribution in [-0.2, 0) is 0 Å².